The van der Waals surface area contributed by atoms with Gasteiger partial charge in [0.2, 0.25) is 0 Å². The molecule has 0 aliphatic rings. The number of rotatable bonds is 8. The minimum atomic E-state index is -0.772. The van der Waals surface area contributed by atoms with Crippen LogP contribution in [0.5, 0.6) is 0 Å². The molecule has 0 radical (unpaired) electrons. The molecule has 174 valence electrons. The second-order valence-electron chi connectivity index (χ2n) is 8.80. The molecule has 0 aromatic heterocycles. The Hall–Kier alpha value is -2.13. The van der Waals surface area contributed by atoms with Crippen molar-refractivity contribution in [2.45, 2.75) is 66.2 Å². The second-order valence-corrected chi connectivity index (χ2v) is 8.80. The van der Waals surface area contributed by atoms with Crippen LogP contribution in [-0.2, 0) is 38.9 Å². The van der Waals surface area contributed by atoms with Gasteiger partial charge < -0.3 is 10.2 Å². The Morgan fingerprint density at radius 1 is 0.613 bits per heavy atom. The summed E-state index contributed by atoms with van der Waals surface area (Å²) >= 11 is 0. The Kier molecular flexibility index (Phi) is 13.1. The minimum Gasteiger partial charge on any atom is -0.481 e. The first-order chi connectivity index (χ1) is 14.0. The van der Waals surface area contributed by atoms with E-state index in [-0.39, 0.29) is 16.5 Å². The van der Waals surface area contributed by atoms with Crippen LogP contribution in [-0.4, -0.2) is 22.2 Å². The Bertz CT molecular complexity index is 726. The van der Waals surface area contributed by atoms with Crippen LogP contribution in [0, 0.1) is 11.8 Å². The molecule has 2 N–H and O–H groups in total. The van der Waals surface area contributed by atoms with E-state index < -0.39 is 23.8 Å². The number of carboxylic acid groups (broad SMARTS) is 2. The fourth-order valence-corrected chi connectivity index (χ4v) is 3.11. The van der Waals surface area contributed by atoms with Crippen molar-refractivity contribution in [2.24, 2.45) is 11.8 Å². The second kappa shape index (κ2) is 14.0. The molecule has 5 heteroatoms. The average Bonchev–Trinajstić information content (AvgIpc) is 2.67. The molecule has 2 unspecified atom stereocenters. The van der Waals surface area contributed by atoms with Crippen molar-refractivity contribution in [3.05, 3.63) is 70.8 Å². The molecule has 2 rings (SSSR count). The van der Waals surface area contributed by atoms with Gasteiger partial charge in [-0.2, -0.15) is 0 Å². The van der Waals surface area contributed by atoms with E-state index in [1.165, 1.54) is 11.1 Å². The molecule has 2 atom stereocenters. The van der Waals surface area contributed by atoms with Gasteiger partial charge in [-0.25, -0.2) is 0 Å². The standard InChI is InChI=1S/2C13H18O2.Ni/c2*1-9(2)8-11-4-6-12(7-5-11)10(3)13(14)15;/h2*4-7,9-10H,8H2,1-3H3,(H,14,15);. The van der Waals surface area contributed by atoms with Crippen molar-refractivity contribution in [3.63, 3.8) is 0 Å². The predicted octanol–water partition coefficient (Wildman–Crippen LogP) is 6.14. The predicted molar refractivity (Wildman–Crippen MR) is 122 cm³/mol. The van der Waals surface area contributed by atoms with Crippen LogP contribution in [0.3, 0.4) is 0 Å². The van der Waals surface area contributed by atoms with Gasteiger partial charge in [0, 0.05) is 16.5 Å². The molecule has 0 saturated carbocycles. The number of benzene rings is 2. The van der Waals surface area contributed by atoms with Gasteiger partial charge in [0.25, 0.3) is 0 Å². The molecule has 0 fully saturated rings. The first-order valence-corrected chi connectivity index (χ1v) is 10.6. The smallest absolute Gasteiger partial charge is 0.310 e. The summed E-state index contributed by atoms with van der Waals surface area (Å²) in [5.41, 5.74) is 4.28. The van der Waals surface area contributed by atoms with Gasteiger partial charge in [-0.15, -0.1) is 0 Å². The number of hydrogen-bond donors (Lipinski definition) is 2. The molecule has 0 saturated heterocycles. The Labute approximate surface area is 197 Å². The SMILES string of the molecule is CC(C)Cc1ccc(C(C)C(=O)O)cc1.CC(C)Cc1ccc(C(C)C(=O)O)cc1.[Ni]. The molecule has 0 aliphatic heterocycles. The third-order valence-electron chi connectivity index (χ3n) is 4.99. The van der Waals surface area contributed by atoms with Crippen LogP contribution < -0.4 is 0 Å². The number of hydrogen-bond acceptors (Lipinski definition) is 2. The van der Waals surface area contributed by atoms with Crippen LogP contribution in [0.15, 0.2) is 48.5 Å². The summed E-state index contributed by atoms with van der Waals surface area (Å²) in [7, 11) is 0. The minimum absolute atomic E-state index is 0. The summed E-state index contributed by atoms with van der Waals surface area (Å²) in [6.07, 6.45) is 2.09. The van der Waals surface area contributed by atoms with Crippen LogP contribution in [0.4, 0.5) is 0 Å². The quantitative estimate of drug-likeness (QED) is 0.454. The van der Waals surface area contributed by atoms with Crippen molar-refractivity contribution in [1.29, 1.82) is 0 Å². The Balaban J connectivity index is 0.000000562. The first kappa shape index (κ1) is 28.9. The summed E-state index contributed by atoms with van der Waals surface area (Å²) in [6, 6.07) is 15.7. The monoisotopic (exact) mass is 470 g/mol. The Morgan fingerprint density at radius 3 is 1.06 bits per heavy atom. The summed E-state index contributed by atoms with van der Waals surface area (Å²) in [4.78, 5) is 21.5. The van der Waals surface area contributed by atoms with E-state index in [4.69, 9.17) is 10.2 Å². The molecule has 0 heterocycles. The zero-order valence-electron chi connectivity index (χ0n) is 19.4. The van der Waals surface area contributed by atoms with Gasteiger partial charge in [-0.1, -0.05) is 76.2 Å². The zero-order chi connectivity index (χ0) is 22.8. The van der Waals surface area contributed by atoms with E-state index >= 15 is 0 Å². The average molecular weight is 471 g/mol. The molecule has 4 nitrogen and oxygen atoms in total. The van der Waals surface area contributed by atoms with E-state index in [0.717, 1.165) is 24.0 Å². The van der Waals surface area contributed by atoms with Gasteiger partial charge in [0.1, 0.15) is 0 Å². The van der Waals surface area contributed by atoms with Gasteiger partial charge in [0.15, 0.2) is 0 Å². The van der Waals surface area contributed by atoms with E-state index in [0.29, 0.717) is 11.8 Å². The van der Waals surface area contributed by atoms with Crippen LogP contribution in [0.2, 0.25) is 0 Å². The molecule has 0 amide bonds. The summed E-state index contributed by atoms with van der Waals surface area (Å²) in [5, 5.41) is 17.7. The van der Waals surface area contributed by atoms with Crippen molar-refractivity contribution in [3.8, 4) is 0 Å². The summed E-state index contributed by atoms with van der Waals surface area (Å²) in [6.45, 7) is 12.1. The molecule has 31 heavy (non-hydrogen) atoms. The van der Waals surface area contributed by atoms with Crippen molar-refractivity contribution in [1.82, 2.24) is 0 Å². The molecular formula is C26H36NiO4. The van der Waals surface area contributed by atoms with E-state index in [2.05, 4.69) is 27.7 Å². The molecule has 2 aromatic rings. The largest absolute Gasteiger partial charge is 0.481 e. The van der Waals surface area contributed by atoms with Gasteiger partial charge in [-0.3, -0.25) is 9.59 Å². The topological polar surface area (TPSA) is 74.6 Å². The summed E-state index contributed by atoms with van der Waals surface area (Å²) in [5.74, 6) is -1.12. The van der Waals surface area contributed by atoms with E-state index in [1.54, 1.807) is 13.8 Å². The zero-order valence-corrected chi connectivity index (χ0v) is 20.4. The van der Waals surface area contributed by atoms with Crippen LogP contribution in [0.1, 0.15) is 75.6 Å². The fourth-order valence-electron chi connectivity index (χ4n) is 3.11. The van der Waals surface area contributed by atoms with Crippen LogP contribution >= 0.6 is 0 Å². The fraction of sp³-hybridized carbons (Fsp3) is 0.462. The van der Waals surface area contributed by atoms with Crippen LogP contribution in [0.25, 0.3) is 0 Å². The maximum absolute atomic E-state index is 10.8. The molecule has 0 aliphatic carbocycles. The van der Waals surface area contributed by atoms with Gasteiger partial charge in [0.05, 0.1) is 11.8 Å². The molecule has 2 aromatic carbocycles. The van der Waals surface area contributed by atoms with E-state index in [1.807, 2.05) is 48.5 Å². The first-order valence-electron chi connectivity index (χ1n) is 10.6. The van der Waals surface area contributed by atoms with Crippen molar-refractivity contribution in [2.75, 3.05) is 0 Å². The normalized spacial score (nSPS) is 12.4. The molecular weight excluding hydrogens is 435 g/mol. The number of carbonyl (C=O) groups is 2. The molecule has 0 spiro atoms. The maximum Gasteiger partial charge on any atom is 0.310 e. The Morgan fingerprint density at radius 2 is 0.871 bits per heavy atom. The van der Waals surface area contributed by atoms with Gasteiger partial charge in [-0.05, 0) is 60.8 Å². The number of aliphatic carboxylic acids is 2. The van der Waals surface area contributed by atoms with Gasteiger partial charge >= 0.3 is 11.9 Å². The third kappa shape index (κ3) is 10.6. The van der Waals surface area contributed by atoms with E-state index in [9.17, 15) is 9.59 Å². The number of carboxylic acids is 2. The summed E-state index contributed by atoms with van der Waals surface area (Å²) < 4.78 is 0. The van der Waals surface area contributed by atoms with Crippen molar-refractivity contribution >= 4 is 11.9 Å². The maximum atomic E-state index is 10.8. The third-order valence-corrected chi connectivity index (χ3v) is 4.99. The van der Waals surface area contributed by atoms with Crippen molar-refractivity contribution < 1.29 is 36.3 Å². The molecule has 0 bridgehead atoms.